The van der Waals surface area contributed by atoms with Gasteiger partial charge in [-0.1, -0.05) is 6.07 Å². The highest BCUT2D eigenvalue weighted by Gasteiger charge is 2.30. The summed E-state index contributed by atoms with van der Waals surface area (Å²) in [5, 5.41) is 0. The number of hydrogen-bond donors (Lipinski definition) is 1. The predicted octanol–water partition coefficient (Wildman–Crippen LogP) is 1.07. The van der Waals surface area contributed by atoms with E-state index in [1.807, 2.05) is 6.07 Å². The van der Waals surface area contributed by atoms with Crippen LogP contribution in [0.3, 0.4) is 0 Å². The molecule has 0 bridgehead atoms. The molecule has 1 saturated heterocycles. The number of rotatable bonds is 3. The lowest BCUT2D eigenvalue weighted by atomic mass is 9.92. The van der Waals surface area contributed by atoms with E-state index in [4.69, 9.17) is 0 Å². The van der Waals surface area contributed by atoms with E-state index in [9.17, 15) is 13.2 Å². The second-order valence-electron chi connectivity index (χ2n) is 5.93. The molecule has 1 amide bonds. The van der Waals surface area contributed by atoms with Gasteiger partial charge in [0.15, 0.2) is 0 Å². The number of carbonyl (C=O) groups excluding carboxylic acids is 1. The lowest BCUT2D eigenvalue weighted by Crippen LogP contribution is -2.36. The number of sulfonamides is 1. The average molecular weight is 308 g/mol. The molecule has 114 valence electrons. The molecule has 0 spiro atoms. The zero-order valence-corrected chi connectivity index (χ0v) is 12.9. The molecule has 1 aliphatic carbocycles. The monoisotopic (exact) mass is 308 g/mol. The first-order valence-electron chi connectivity index (χ1n) is 7.34. The normalized spacial score (nSPS) is 22.4. The van der Waals surface area contributed by atoms with Gasteiger partial charge in [0, 0.05) is 26.1 Å². The van der Waals surface area contributed by atoms with Crippen molar-refractivity contribution < 1.29 is 13.2 Å². The van der Waals surface area contributed by atoms with Crippen LogP contribution in [0.4, 0.5) is 0 Å². The standard InChI is InChI=1S/C15H20N2O3S/c1-17-10-13(9-15(17)18)16-21(19,20)14-7-6-11-4-2-3-5-12(11)8-14/h6-8,13,16H,2-5,9-10H2,1H3/t13-/m0/s1. The molecule has 1 N–H and O–H groups in total. The Labute approximate surface area is 125 Å². The molecule has 21 heavy (non-hydrogen) atoms. The molecule has 3 rings (SSSR count). The summed E-state index contributed by atoms with van der Waals surface area (Å²) in [6.45, 7) is 0.434. The maximum Gasteiger partial charge on any atom is 0.240 e. The van der Waals surface area contributed by atoms with E-state index in [-0.39, 0.29) is 18.4 Å². The molecule has 1 fully saturated rings. The minimum absolute atomic E-state index is 0.0202. The Balaban J connectivity index is 1.80. The summed E-state index contributed by atoms with van der Waals surface area (Å²) < 4.78 is 27.5. The Morgan fingerprint density at radius 1 is 1.19 bits per heavy atom. The van der Waals surface area contributed by atoms with Gasteiger partial charge in [0.1, 0.15) is 0 Å². The zero-order chi connectivity index (χ0) is 15.0. The van der Waals surface area contributed by atoms with Crippen molar-refractivity contribution in [2.45, 2.75) is 43.0 Å². The van der Waals surface area contributed by atoms with Crippen molar-refractivity contribution in [3.05, 3.63) is 29.3 Å². The summed E-state index contributed by atoms with van der Waals surface area (Å²) in [6.07, 6.45) is 4.51. The Morgan fingerprint density at radius 3 is 2.57 bits per heavy atom. The van der Waals surface area contributed by atoms with Gasteiger partial charge in [-0.15, -0.1) is 0 Å². The number of aryl methyl sites for hydroxylation is 2. The fourth-order valence-electron chi connectivity index (χ4n) is 3.11. The number of benzene rings is 1. The second-order valence-corrected chi connectivity index (χ2v) is 7.65. The first-order valence-corrected chi connectivity index (χ1v) is 8.82. The third-order valence-electron chi connectivity index (χ3n) is 4.29. The van der Waals surface area contributed by atoms with Gasteiger partial charge < -0.3 is 4.90 Å². The summed E-state index contributed by atoms with van der Waals surface area (Å²) in [5.74, 6) is -0.0202. The third kappa shape index (κ3) is 2.96. The van der Waals surface area contributed by atoms with Gasteiger partial charge >= 0.3 is 0 Å². The topological polar surface area (TPSA) is 66.5 Å². The predicted molar refractivity (Wildman–Crippen MR) is 79.4 cm³/mol. The van der Waals surface area contributed by atoms with Crippen LogP contribution in [0.1, 0.15) is 30.4 Å². The van der Waals surface area contributed by atoms with Crippen LogP contribution in [-0.2, 0) is 27.7 Å². The number of likely N-dealkylation sites (tertiary alicyclic amines) is 1. The number of fused-ring (bicyclic) bond motifs is 1. The summed E-state index contributed by atoms with van der Waals surface area (Å²) in [7, 11) is -1.86. The molecule has 0 unspecified atom stereocenters. The van der Waals surface area contributed by atoms with Gasteiger partial charge in [-0.05, 0) is 48.9 Å². The molecule has 1 aliphatic heterocycles. The van der Waals surface area contributed by atoms with Crippen LogP contribution >= 0.6 is 0 Å². The molecule has 0 saturated carbocycles. The van der Waals surface area contributed by atoms with Crippen LogP contribution in [0.15, 0.2) is 23.1 Å². The number of amides is 1. The number of nitrogens with zero attached hydrogens (tertiary/aromatic N) is 1. The fraction of sp³-hybridized carbons (Fsp3) is 0.533. The molecule has 0 aromatic heterocycles. The van der Waals surface area contributed by atoms with E-state index in [0.29, 0.717) is 11.4 Å². The van der Waals surface area contributed by atoms with E-state index in [1.54, 1.807) is 24.1 Å². The van der Waals surface area contributed by atoms with Gasteiger partial charge in [-0.3, -0.25) is 4.79 Å². The number of nitrogens with one attached hydrogen (secondary N) is 1. The minimum Gasteiger partial charge on any atom is -0.344 e. The van der Waals surface area contributed by atoms with Crippen LogP contribution < -0.4 is 4.72 Å². The van der Waals surface area contributed by atoms with Gasteiger partial charge in [0.2, 0.25) is 15.9 Å². The quantitative estimate of drug-likeness (QED) is 0.908. The van der Waals surface area contributed by atoms with Crippen molar-refractivity contribution in [3.63, 3.8) is 0 Å². The van der Waals surface area contributed by atoms with Crippen LogP contribution in [-0.4, -0.2) is 38.9 Å². The maximum absolute atomic E-state index is 12.4. The van der Waals surface area contributed by atoms with Crippen molar-refractivity contribution in [1.29, 1.82) is 0 Å². The molecule has 5 nitrogen and oxygen atoms in total. The summed E-state index contributed by atoms with van der Waals surface area (Å²) in [5.41, 5.74) is 2.40. The summed E-state index contributed by atoms with van der Waals surface area (Å²) in [6, 6.07) is 5.06. The summed E-state index contributed by atoms with van der Waals surface area (Å²) in [4.78, 5) is 13.4. The second kappa shape index (κ2) is 5.42. The fourth-order valence-corrected chi connectivity index (χ4v) is 4.38. The van der Waals surface area contributed by atoms with Crippen LogP contribution in [0.25, 0.3) is 0 Å². The lowest BCUT2D eigenvalue weighted by molar-refractivity contribution is -0.126. The SMILES string of the molecule is CN1C[C@@H](NS(=O)(=O)c2ccc3c(c2)CCCC3)CC1=O. The molecular weight excluding hydrogens is 288 g/mol. The molecule has 2 aliphatic rings. The number of hydrogen-bond acceptors (Lipinski definition) is 3. The minimum atomic E-state index is -3.55. The first kappa shape index (κ1) is 14.5. The van der Waals surface area contributed by atoms with E-state index in [0.717, 1.165) is 24.8 Å². The Morgan fingerprint density at radius 2 is 1.90 bits per heavy atom. The number of likely N-dealkylation sites (N-methyl/N-ethyl adjacent to an activating group) is 1. The molecule has 1 aromatic rings. The third-order valence-corrected chi connectivity index (χ3v) is 5.81. The smallest absolute Gasteiger partial charge is 0.240 e. The maximum atomic E-state index is 12.4. The van der Waals surface area contributed by atoms with Gasteiger partial charge in [0.25, 0.3) is 0 Å². The highest BCUT2D eigenvalue weighted by atomic mass is 32.2. The van der Waals surface area contributed by atoms with E-state index in [2.05, 4.69) is 4.72 Å². The van der Waals surface area contributed by atoms with Gasteiger partial charge in [0.05, 0.1) is 4.90 Å². The Hall–Kier alpha value is -1.40. The number of carbonyl (C=O) groups is 1. The van der Waals surface area contributed by atoms with E-state index >= 15 is 0 Å². The zero-order valence-electron chi connectivity index (χ0n) is 12.1. The highest BCUT2D eigenvalue weighted by molar-refractivity contribution is 7.89. The molecule has 6 heteroatoms. The van der Waals surface area contributed by atoms with Crippen molar-refractivity contribution >= 4 is 15.9 Å². The van der Waals surface area contributed by atoms with Crippen molar-refractivity contribution in [3.8, 4) is 0 Å². The summed E-state index contributed by atoms with van der Waals surface area (Å²) >= 11 is 0. The van der Waals surface area contributed by atoms with Crippen LogP contribution in [0.5, 0.6) is 0 Å². The molecule has 1 heterocycles. The van der Waals surface area contributed by atoms with E-state index in [1.165, 1.54) is 12.0 Å². The Bertz CT molecular complexity index is 669. The van der Waals surface area contributed by atoms with Crippen molar-refractivity contribution in [2.75, 3.05) is 13.6 Å². The Kier molecular flexibility index (Phi) is 3.75. The molecule has 1 aromatic carbocycles. The van der Waals surface area contributed by atoms with Crippen LogP contribution in [0.2, 0.25) is 0 Å². The molecule has 1 atom stereocenters. The van der Waals surface area contributed by atoms with Gasteiger partial charge in [-0.2, -0.15) is 0 Å². The largest absolute Gasteiger partial charge is 0.344 e. The van der Waals surface area contributed by atoms with Gasteiger partial charge in [-0.25, -0.2) is 13.1 Å². The van der Waals surface area contributed by atoms with Crippen LogP contribution in [0, 0.1) is 0 Å². The van der Waals surface area contributed by atoms with Crippen molar-refractivity contribution in [1.82, 2.24) is 9.62 Å². The van der Waals surface area contributed by atoms with Crippen molar-refractivity contribution in [2.24, 2.45) is 0 Å². The molecular formula is C15H20N2O3S. The lowest BCUT2D eigenvalue weighted by Gasteiger charge is -2.18. The first-order chi connectivity index (χ1) is 9.95. The molecule has 0 radical (unpaired) electrons. The highest BCUT2D eigenvalue weighted by Crippen LogP contribution is 2.24. The van der Waals surface area contributed by atoms with E-state index < -0.39 is 10.0 Å². The average Bonchev–Trinajstić information content (AvgIpc) is 2.76.